The molecule has 1 aromatic heterocycles. The highest BCUT2D eigenvalue weighted by Crippen LogP contribution is 2.32. The molecule has 2 aromatic rings. The van der Waals surface area contributed by atoms with Crippen molar-refractivity contribution in [2.24, 2.45) is 5.92 Å². The predicted molar refractivity (Wildman–Crippen MR) is 116 cm³/mol. The molecular weight excluding hydrogens is 348 g/mol. The van der Waals surface area contributed by atoms with Crippen LogP contribution in [0, 0.1) is 5.92 Å². The van der Waals surface area contributed by atoms with Crippen LogP contribution in [-0.4, -0.2) is 23.2 Å². The van der Waals surface area contributed by atoms with Gasteiger partial charge in [-0.05, 0) is 30.5 Å². The van der Waals surface area contributed by atoms with E-state index in [1.54, 1.807) is 18.6 Å². The van der Waals surface area contributed by atoms with Crippen molar-refractivity contribution in [3.05, 3.63) is 36.8 Å². The molecule has 0 aliphatic heterocycles. The normalized spacial score (nSPS) is 12.0. The number of benzene rings is 1. The van der Waals surface area contributed by atoms with E-state index in [1.807, 2.05) is 18.2 Å². The largest absolute Gasteiger partial charge is 0.490 e. The fourth-order valence-electron chi connectivity index (χ4n) is 2.94. The van der Waals surface area contributed by atoms with Crippen LogP contribution in [0.25, 0.3) is 11.3 Å². The first kappa shape index (κ1) is 22.2. The van der Waals surface area contributed by atoms with Gasteiger partial charge in [0.1, 0.15) is 0 Å². The molecule has 0 fully saturated rings. The van der Waals surface area contributed by atoms with Gasteiger partial charge in [-0.2, -0.15) is 0 Å². The first-order chi connectivity index (χ1) is 13.7. The van der Waals surface area contributed by atoms with E-state index in [4.69, 9.17) is 9.47 Å². The van der Waals surface area contributed by atoms with E-state index < -0.39 is 0 Å². The van der Waals surface area contributed by atoms with Crippen molar-refractivity contribution < 1.29 is 9.47 Å². The Balaban J connectivity index is 1.93. The average Bonchev–Trinajstić information content (AvgIpc) is 2.75. The van der Waals surface area contributed by atoms with Crippen LogP contribution in [0.5, 0.6) is 11.5 Å². The first-order valence-corrected chi connectivity index (χ1v) is 10.9. The second kappa shape index (κ2) is 13.1. The molecule has 0 amide bonds. The van der Waals surface area contributed by atoms with Gasteiger partial charge in [0.05, 0.1) is 25.1 Å². The molecule has 0 saturated carbocycles. The summed E-state index contributed by atoms with van der Waals surface area (Å²) in [5.74, 6) is 2.13. The summed E-state index contributed by atoms with van der Waals surface area (Å²) in [5.41, 5.74) is 1.84. The van der Waals surface area contributed by atoms with Gasteiger partial charge in [-0.25, -0.2) is 0 Å². The second-order valence-electron chi connectivity index (χ2n) is 7.55. The van der Waals surface area contributed by atoms with Crippen LogP contribution in [0.3, 0.4) is 0 Å². The third kappa shape index (κ3) is 7.87. The van der Waals surface area contributed by atoms with Gasteiger partial charge < -0.3 is 9.47 Å². The SMILES string of the molecule is CCCCCCCCCOc1ccc(-c2cnccn2)cc1OCC(C)CC. The number of nitrogens with zero attached hydrogens (tertiary/aromatic N) is 2. The van der Waals surface area contributed by atoms with Crippen molar-refractivity contribution in [2.75, 3.05) is 13.2 Å². The molecule has 0 aliphatic rings. The highest BCUT2D eigenvalue weighted by molar-refractivity contribution is 5.63. The van der Waals surface area contributed by atoms with Gasteiger partial charge in [0.15, 0.2) is 11.5 Å². The highest BCUT2D eigenvalue weighted by Gasteiger charge is 2.11. The van der Waals surface area contributed by atoms with Gasteiger partial charge in [0, 0.05) is 18.0 Å². The smallest absolute Gasteiger partial charge is 0.161 e. The quantitative estimate of drug-likeness (QED) is 0.340. The van der Waals surface area contributed by atoms with E-state index in [0.717, 1.165) is 42.2 Å². The van der Waals surface area contributed by atoms with Crippen LogP contribution in [0.2, 0.25) is 0 Å². The zero-order valence-electron chi connectivity index (χ0n) is 17.8. The standard InChI is InChI=1S/C24H36N2O2/c1-4-6-7-8-9-10-11-16-27-23-13-12-21(22-18-25-14-15-26-22)17-24(23)28-19-20(3)5-2/h12-15,17-18,20H,4-11,16,19H2,1-3H3. The summed E-state index contributed by atoms with van der Waals surface area (Å²) < 4.78 is 12.2. The maximum absolute atomic E-state index is 6.10. The minimum absolute atomic E-state index is 0.510. The molecule has 2 rings (SSSR count). The number of rotatable bonds is 14. The Labute approximate surface area is 170 Å². The van der Waals surface area contributed by atoms with Gasteiger partial charge in [-0.15, -0.1) is 0 Å². The Hall–Kier alpha value is -2.10. The van der Waals surface area contributed by atoms with E-state index in [1.165, 1.54) is 38.5 Å². The summed E-state index contributed by atoms with van der Waals surface area (Å²) in [6.45, 7) is 8.06. The van der Waals surface area contributed by atoms with Crippen molar-refractivity contribution in [1.29, 1.82) is 0 Å². The van der Waals surface area contributed by atoms with E-state index >= 15 is 0 Å². The zero-order valence-corrected chi connectivity index (χ0v) is 17.8. The van der Waals surface area contributed by atoms with Crippen molar-refractivity contribution in [2.45, 2.75) is 72.1 Å². The molecule has 1 aromatic carbocycles. The number of hydrogen-bond donors (Lipinski definition) is 0. The zero-order chi connectivity index (χ0) is 20.0. The van der Waals surface area contributed by atoms with E-state index in [2.05, 4.69) is 30.7 Å². The molecule has 1 atom stereocenters. The summed E-state index contributed by atoms with van der Waals surface area (Å²) in [4.78, 5) is 8.55. The molecule has 0 N–H and O–H groups in total. The van der Waals surface area contributed by atoms with Gasteiger partial charge in [0.25, 0.3) is 0 Å². The number of aromatic nitrogens is 2. The lowest BCUT2D eigenvalue weighted by Crippen LogP contribution is -2.09. The minimum atomic E-state index is 0.510. The summed E-state index contributed by atoms with van der Waals surface area (Å²) in [5, 5.41) is 0. The fraction of sp³-hybridized carbons (Fsp3) is 0.583. The predicted octanol–water partition coefficient (Wildman–Crippen LogP) is 6.70. The van der Waals surface area contributed by atoms with Gasteiger partial charge in [0.2, 0.25) is 0 Å². The summed E-state index contributed by atoms with van der Waals surface area (Å²) in [6.07, 6.45) is 15.2. The summed E-state index contributed by atoms with van der Waals surface area (Å²) in [6, 6.07) is 6.05. The number of unbranched alkanes of at least 4 members (excludes halogenated alkanes) is 6. The Kier molecular flexibility index (Phi) is 10.4. The molecule has 0 aliphatic carbocycles. The Morgan fingerprint density at radius 1 is 0.893 bits per heavy atom. The van der Waals surface area contributed by atoms with Crippen molar-refractivity contribution in [3.63, 3.8) is 0 Å². The van der Waals surface area contributed by atoms with Gasteiger partial charge in [-0.1, -0.05) is 65.7 Å². The summed E-state index contributed by atoms with van der Waals surface area (Å²) in [7, 11) is 0. The Bertz CT molecular complexity index is 661. The van der Waals surface area contributed by atoms with E-state index in [9.17, 15) is 0 Å². The van der Waals surface area contributed by atoms with Crippen molar-refractivity contribution >= 4 is 0 Å². The topological polar surface area (TPSA) is 44.2 Å². The van der Waals surface area contributed by atoms with E-state index in [-0.39, 0.29) is 0 Å². The molecule has 4 heteroatoms. The molecule has 0 radical (unpaired) electrons. The van der Waals surface area contributed by atoms with Crippen LogP contribution in [0.15, 0.2) is 36.8 Å². The third-order valence-corrected chi connectivity index (χ3v) is 5.03. The van der Waals surface area contributed by atoms with Crippen LogP contribution in [0.1, 0.15) is 72.1 Å². The molecular formula is C24H36N2O2. The fourth-order valence-corrected chi connectivity index (χ4v) is 2.94. The van der Waals surface area contributed by atoms with Crippen LogP contribution in [-0.2, 0) is 0 Å². The molecule has 28 heavy (non-hydrogen) atoms. The molecule has 1 heterocycles. The second-order valence-corrected chi connectivity index (χ2v) is 7.55. The monoisotopic (exact) mass is 384 g/mol. The van der Waals surface area contributed by atoms with Crippen LogP contribution < -0.4 is 9.47 Å². The van der Waals surface area contributed by atoms with E-state index in [0.29, 0.717) is 12.5 Å². The lowest BCUT2D eigenvalue weighted by molar-refractivity contribution is 0.232. The molecule has 0 spiro atoms. The van der Waals surface area contributed by atoms with Crippen molar-refractivity contribution in [1.82, 2.24) is 9.97 Å². The molecule has 1 unspecified atom stereocenters. The highest BCUT2D eigenvalue weighted by atomic mass is 16.5. The average molecular weight is 385 g/mol. The van der Waals surface area contributed by atoms with Crippen LogP contribution >= 0.6 is 0 Å². The molecule has 4 nitrogen and oxygen atoms in total. The maximum Gasteiger partial charge on any atom is 0.161 e. The number of hydrogen-bond acceptors (Lipinski definition) is 4. The Morgan fingerprint density at radius 2 is 1.68 bits per heavy atom. The molecule has 154 valence electrons. The minimum Gasteiger partial charge on any atom is -0.490 e. The number of ether oxygens (including phenoxy) is 2. The summed E-state index contributed by atoms with van der Waals surface area (Å²) >= 11 is 0. The van der Waals surface area contributed by atoms with Gasteiger partial charge in [-0.3, -0.25) is 9.97 Å². The molecule has 0 bridgehead atoms. The van der Waals surface area contributed by atoms with Gasteiger partial charge >= 0.3 is 0 Å². The Morgan fingerprint density at radius 3 is 2.39 bits per heavy atom. The first-order valence-electron chi connectivity index (χ1n) is 10.9. The van der Waals surface area contributed by atoms with Crippen LogP contribution in [0.4, 0.5) is 0 Å². The lowest BCUT2D eigenvalue weighted by atomic mass is 10.1. The lowest BCUT2D eigenvalue weighted by Gasteiger charge is -2.16. The maximum atomic E-state index is 6.10. The third-order valence-electron chi connectivity index (χ3n) is 5.03. The molecule has 0 saturated heterocycles. The van der Waals surface area contributed by atoms with Crippen molar-refractivity contribution in [3.8, 4) is 22.8 Å².